The predicted molar refractivity (Wildman–Crippen MR) is 88.6 cm³/mol. The van der Waals surface area contributed by atoms with E-state index >= 15 is 0 Å². The summed E-state index contributed by atoms with van der Waals surface area (Å²) in [5, 5.41) is 6.55. The maximum atomic E-state index is 12.0. The average Bonchev–Trinajstić information content (AvgIpc) is 2.49. The first kappa shape index (κ1) is 24.1. The minimum absolute atomic E-state index is 0. The van der Waals surface area contributed by atoms with Crippen molar-refractivity contribution in [2.45, 2.75) is 50.7 Å². The maximum Gasteiger partial charge on any atom is 1.00 e. The molecule has 2 N–H and O–H groups in total. The first-order valence-corrected chi connectivity index (χ1v) is 9.23. The molecule has 0 aromatic heterocycles. The molecule has 1 aromatic rings. The molecule has 0 amide bonds. The molecule has 1 atom stereocenters. The van der Waals surface area contributed by atoms with Crippen molar-refractivity contribution < 1.29 is 63.4 Å². The van der Waals surface area contributed by atoms with Gasteiger partial charge in [0.2, 0.25) is 0 Å². The van der Waals surface area contributed by atoms with Crippen molar-refractivity contribution in [1.29, 1.82) is 0 Å². The molecular weight excluding hydrogens is 359 g/mol. The standard InChI is InChI=1S/C16H22O7S.Na.H/c1-2-3-4-5-8-12-9-6-7-10-13(12)23-16(19)14(11-15(17)18)24(20,21)22;;/h6-7,9-10,14H,2-5,8,11H2,1H3,(H,17,18)(H,20,21,22);;/q;+1;-1. The molecule has 0 fully saturated rings. The Morgan fingerprint density at radius 1 is 1.20 bits per heavy atom. The van der Waals surface area contributed by atoms with Crippen LogP contribution in [0.2, 0.25) is 0 Å². The monoisotopic (exact) mass is 382 g/mol. The van der Waals surface area contributed by atoms with Crippen LogP contribution in [-0.2, 0) is 26.1 Å². The van der Waals surface area contributed by atoms with Gasteiger partial charge in [-0.15, -0.1) is 0 Å². The van der Waals surface area contributed by atoms with E-state index in [4.69, 9.17) is 14.4 Å². The number of unbranched alkanes of at least 4 members (excludes halogenated alkanes) is 3. The topological polar surface area (TPSA) is 118 Å². The van der Waals surface area contributed by atoms with Gasteiger partial charge in [0, 0.05) is 0 Å². The quantitative estimate of drug-likeness (QED) is 0.185. The summed E-state index contributed by atoms with van der Waals surface area (Å²) in [5.41, 5.74) is 0.728. The molecule has 0 aliphatic rings. The summed E-state index contributed by atoms with van der Waals surface area (Å²) in [6.07, 6.45) is 3.67. The van der Waals surface area contributed by atoms with Crippen molar-refractivity contribution >= 4 is 22.1 Å². The van der Waals surface area contributed by atoms with Crippen molar-refractivity contribution in [2.24, 2.45) is 0 Å². The summed E-state index contributed by atoms with van der Waals surface area (Å²) in [7, 11) is -4.87. The minimum Gasteiger partial charge on any atom is -1.00 e. The fourth-order valence-electron chi connectivity index (χ4n) is 2.20. The molecule has 0 spiro atoms. The normalized spacial score (nSPS) is 12.1. The van der Waals surface area contributed by atoms with Crippen molar-refractivity contribution in [3.63, 3.8) is 0 Å². The Morgan fingerprint density at radius 3 is 2.40 bits per heavy atom. The van der Waals surface area contributed by atoms with Gasteiger partial charge in [-0.2, -0.15) is 8.42 Å². The molecule has 0 aliphatic heterocycles. The summed E-state index contributed by atoms with van der Waals surface area (Å²) in [5.74, 6) is -2.65. The van der Waals surface area contributed by atoms with Gasteiger partial charge < -0.3 is 11.3 Å². The zero-order valence-electron chi connectivity index (χ0n) is 15.5. The van der Waals surface area contributed by atoms with Crippen LogP contribution < -0.4 is 34.3 Å². The number of benzene rings is 1. The molecule has 1 rings (SSSR count). The first-order valence-electron chi connectivity index (χ1n) is 7.73. The molecular formula is C16H23NaO7S. The van der Waals surface area contributed by atoms with Crippen LogP contribution in [0.3, 0.4) is 0 Å². The molecule has 1 unspecified atom stereocenters. The largest absolute Gasteiger partial charge is 1.00 e. The summed E-state index contributed by atoms with van der Waals surface area (Å²) in [6.45, 7) is 2.09. The van der Waals surface area contributed by atoms with Crippen molar-refractivity contribution in [2.75, 3.05) is 0 Å². The molecule has 0 radical (unpaired) electrons. The number of carboxylic acids is 1. The molecule has 0 bridgehead atoms. The third-order valence-electron chi connectivity index (χ3n) is 3.47. The number of hydrogen-bond donors (Lipinski definition) is 2. The zero-order valence-corrected chi connectivity index (χ0v) is 17.3. The smallest absolute Gasteiger partial charge is 1.00 e. The van der Waals surface area contributed by atoms with E-state index in [0.29, 0.717) is 6.42 Å². The molecule has 0 saturated heterocycles. The average molecular weight is 382 g/mol. The number of rotatable bonds is 10. The third kappa shape index (κ3) is 8.82. The second-order valence-corrected chi connectivity index (χ2v) is 7.04. The van der Waals surface area contributed by atoms with Gasteiger partial charge in [0.25, 0.3) is 10.1 Å². The number of ether oxygens (including phenoxy) is 1. The minimum atomic E-state index is -4.87. The van der Waals surface area contributed by atoms with Gasteiger partial charge in [0.1, 0.15) is 5.75 Å². The summed E-state index contributed by atoms with van der Waals surface area (Å²) in [6, 6.07) is 6.66. The fourth-order valence-corrected chi connectivity index (χ4v) is 2.84. The molecule has 9 heteroatoms. The summed E-state index contributed by atoms with van der Waals surface area (Å²) < 4.78 is 36.5. The van der Waals surface area contributed by atoms with Crippen molar-refractivity contribution in [3.8, 4) is 5.75 Å². The van der Waals surface area contributed by atoms with Crippen LogP contribution in [0.25, 0.3) is 0 Å². The van der Waals surface area contributed by atoms with Gasteiger partial charge in [0.15, 0.2) is 5.25 Å². The maximum absolute atomic E-state index is 12.0. The number of aliphatic carboxylic acids is 1. The van der Waals surface area contributed by atoms with Gasteiger partial charge in [-0.05, 0) is 24.5 Å². The van der Waals surface area contributed by atoms with E-state index in [0.717, 1.165) is 31.2 Å². The molecule has 0 aliphatic carbocycles. The van der Waals surface area contributed by atoms with Crippen LogP contribution in [-0.4, -0.2) is 35.3 Å². The Hall–Kier alpha value is -0.930. The number of para-hydroxylation sites is 1. The van der Waals surface area contributed by atoms with E-state index in [1.807, 2.05) is 0 Å². The van der Waals surface area contributed by atoms with Gasteiger partial charge >= 0.3 is 41.5 Å². The first-order chi connectivity index (χ1) is 11.3. The van der Waals surface area contributed by atoms with Crippen LogP contribution in [0, 0.1) is 0 Å². The van der Waals surface area contributed by atoms with E-state index in [2.05, 4.69) is 6.92 Å². The Kier molecular flexibility index (Phi) is 11.2. The van der Waals surface area contributed by atoms with Crippen molar-refractivity contribution in [3.05, 3.63) is 29.8 Å². The summed E-state index contributed by atoms with van der Waals surface area (Å²) >= 11 is 0. The number of aryl methyl sites for hydroxylation is 1. The van der Waals surface area contributed by atoms with Gasteiger partial charge in [-0.3, -0.25) is 14.1 Å². The number of carboxylic acid groups (broad SMARTS) is 1. The van der Waals surface area contributed by atoms with Crippen molar-refractivity contribution in [1.82, 2.24) is 0 Å². The van der Waals surface area contributed by atoms with Gasteiger partial charge in [0.05, 0.1) is 6.42 Å². The predicted octanol–water partition coefficient (Wildman–Crippen LogP) is -0.438. The van der Waals surface area contributed by atoms with E-state index in [9.17, 15) is 18.0 Å². The number of esters is 1. The second-order valence-electron chi connectivity index (χ2n) is 5.44. The van der Waals surface area contributed by atoms with E-state index in [1.165, 1.54) is 6.07 Å². The molecule has 7 nitrogen and oxygen atoms in total. The molecule has 136 valence electrons. The van der Waals surface area contributed by atoms with Gasteiger partial charge in [-0.25, -0.2) is 0 Å². The van der Waals surface area contributed by atoms with Crippen LogP contribution in [0.4, 0.5) is 0 Å². The second kappa shape index (κ2) is 11.6. The Balaban J connectivity index is 0. The zero-order chi connectivity index (χ0) is 18.2. The SMILES string of the molecule is CCCCCCc1ccccc1OC(=O)C(CC(=O)O)S(=O)(=O)O.[H-].[Na+]. The molecule has 0 heterocycles. The molecule has 25 heavy (non-hydrogen) atoms. The van der Waals surface area contributed by atoms with Crippen LogP contribution in [0.5, 0.6) is 5.75 Å². The summed E-state index contributed by atoms with van der Waals surface area (Å²) in [4.78, 5) is 22.7. The number of carbonyl (C=O) groups is 2. The third-order valence-corrected chi connectivity index (χ3v) is 4.54. The van der Waals surface area contributed by atoms with E-state index in [1.54, 1.807) is 18.2 Å². The Bertz CT molecular complexity index is 679. The Labute approximate surface area is 171 Å². The molecule has 0 saturated carbocycles. The van der Waals surface area contributed by atoms with Crippen LogP contribution >= 0.6 is 0 Å². The Morgan fingerprint density at radius 2 is 1.84 bits per heavy atom. The molecule has 1 aromatic carbocycles. The number of carbonyl (C=O) groups excluding carboxylic acids is 1. The van der Waals surface area contributed by atoms with Gasteiger partial charge in [-0.1, -0.05) is 44.4 Å². The van der Waals surface area contributed by atoms with E-state index in [-0.39, 0.29) is 36.7 Å². The van der Waals surface area contributed by atoms with Crippen LogP contribution in [0.1, 0.15) is 46.0 Å². The van der Waals surface area contributed by atoms with Crippen LogP contribution in [0.15, 0.2) is 24.3 Å². The van der Waals surface area contributed by atoms with E-state index < -0.39 is 33.7 Å². The number of hydrogen-bond acceptors (Lipinski definition) is 5. The fraction of sp³-hybridized carbons (Fsp3) is 0.500.